The molecule has 0 spiro atoms. The first-order valence-electron chi connectivity index (χ1n) is 6.76. The molecule has 19 heavy (non-hydrogen) atoms. The summed E-state index contributed by atoms with van der Waals surface area (Å²) in [5.74, 6) is 0.855. The van der Waals surface area contributed by atoms with E-state index in [1.54, 1.807) is 7.11 Å². The van der Waals surface area contributed by atoms with Crippen molar-refractivity contribution in [1.29, 1.82) is 0 Å². The van der Waals surface area contributed by atoms with E-state index in [9.17, 15) is 9.90 Å². The van der Waals surface area contributed by atoms with E-state index in [0.29, 0.717) is 31.7 Å². The Kier molecular flexibility index (Phi) is 3.07. The predicted octanol–water partition coefficient (Wildman–Crippen LogP) is 1.08. The molecule has 0 bridgehead atoms. The number of nitrogens with one attached hydrogen (secondary N) is 1. The molecule has 1 aromatic carbocycles. The lowest BCUT2D eigenvalue weighted by atomic mass is 9.67. The molecule has 102 valence electrons. The number of fused-ring (bicyclic) bond motifs is 1. The van der Waals surface area contributed by atoms with Gasteiger partial charge in [-0.2, -0.15) is 0 Å². The highest BCUT2D eigenvalue weighted by Gasteiger charge is 2.51. The highest BCUT2D eigenvalue weighted by atomic mass is 16.5. The van der Waals surface area contributed by atoms with Crippen molar-refractivity contribution < 1.29 is 14.6 Å². The molecule has 1 aromatic rings. The lowest BCUT2D eigenvalue weighted by molar-refractivity contribution is -0.137. The molecule has 0 amide bonds. The Labute approximate surface area is 112 Å². The molecule has 0 radical (unpaired) electrons. The van der Waals surface area contributed by atoms with Crippen molar-refractivity contribution in [3.05, 3.63) is 29.8 Å². The molecule has 4 nitrogen and oxygen atoms in total. The average molecular weight is 261 g/mol. The smallest absolute Gasteiger partial charge is 0.137 e. The summed E-state index contributed by atoms with van der Waals surface area (Å²) >= 11 is 0. The first-order chi connectivity index (χ1) is 9.16. The number of ether oxygens (including phenoxy) is 1. The van der Waals surface area contributed by atoms with Crippen LogP contribution in [0.25, 0.3) is 0 Å². The maximum atomic E-state index is 12.0. The van der Waals surface area contributed by atoms with E-state index in [-0.39, 0.29) is 17.6 Å². The fourth-order valence-corrected chi connectivity index (χ4v) is 3.54. The quantitative estimate of drug-likeness (QED) is 0.836. The molecule has 1 saturated heterocycles. The summed E-state index contributed by atoms with van der Waals surface area (Å²) in [6.45, 7) is 1.37. The van der Waals surface area contributed by atoms with Crippen molar-refractivity contribution in [1.82, 2.24) is 5.32 Å². The molecule has 1 heterocycles. The van der Waals surface area contributed by atoms with Crippen molar-refractivity contribution in [2.45, 2.75) is 18.4 Å². The molecule has 1 saturated carbocycles. The van der Waals surface area contributed by atoms with Gasteiger partial charge in [-0.1, -0.05) is 18.2 Å². The molecule has 3 unspecified atom stereocenters. The molecule has 3 rings (SSSR count). The second kappa shape index (κ2) is 4.62. The molecule has 1 aliphatic carbocycles. The number of Topliss-reactive ketones (excluding diaryl/α,β-unsaturated/α-hetero) is 1. The lowest BCUT2D eigenvalue weighted by Crippen LogP contribution is -2.46. The third kappa shape index (κ3) is 1.86. The van der Waals surface area contributed by atoms with Crippen LogP contribution in [0.3, 0.4) is 0 Å². The van der Waals surface area contributed by atoms with E-state index < -0.39 is 5.60 Å². The zero-order valence-electron chi connectivity index (χ0n) is 11.1. The Morgan fingerprint density at radius 1 is 1.37 bits per heavy atom. The maximum Gasteiger partial charge on any atom is 0.137 e. The SMILES string of the molecule is COc1ccccc1C1(O)CCC(=O)C2CNCC21. The summed E-state index contributed by atoms with van der Waals surface area (Å²) in [6, 6.07) is 7.57. The number of ketones is 1. The van der Waals surface area contributed by atoms with Gasteiger partial charge in [-0.15, -0.1) is 0 Å². The van der Waals surface area contributed by atoms with Gasteiger partial charge < -0.3 is 15.2 Å². The fraction of sp³-hybridized carbons (Fsp3) is 0.533. The zero-order valence-corrected chi connectivity index (χ0v) is 11.1. The van der Waals surface area contributed by atoms with Gasteiger partial charge >= 0.3 is 0 Å². The van der Waals surface area contributed by atoms with Crippen LogP contribution >= 0.6 is 0 Å². The summed E-state index contributed by atoms with van der Waals surface area (Å²) in [7, 11) is 1.61. The minimum absolute atomic E-state index is 0.0509. The Hall–Kier alpha value is -1.39. The van der Waals surface area contributed by atoms with Crippen molar-refractivity contribution in [3.63, 3.8) is 0 Å². The first-order valence-corrected chi connectivity index (χ1v) is 6.76. The van der Waals surface area contributed by atoms with E-state index in [0.717, 1.165) is 5.56 Å². The van der Waals surface area contributed by atoms with Crippen LogP contribution in [0.4, 0.5) is 0 Å². The summed E-state index contributed by atoms with van der Waals surface area (Å²) in [5, 5.41) is 14.4. The van der Waals surface area contributed by atoms with Crippen LogP contribution in [-0.4, -0.2) is 31.1 Å². The number of methoxy groups -OCH3 is 1. The lowest BCUT2D eigenvalue weighted by Gasteiger charge is -2.41. The molecule has 2 aliphatic rings. The van der Waals surface area contributed by atoms with Gasteiger partial charge in [-0.05, 0) is 12.5 Å². The molecular formula is C15H19NO3. The minimum atomic E-state index is -0.964. The highest BCUT2D eigenvalue weighted by molar-refractivity contribution is 5.83. The third-order valence-corrected chi connectivity index (χ3v) is 4.57. The van der Waals surface area contributed by atoms with Crippen LogP contribution in [0, 0.1) is 11.8 Å². The van der Waals surface area contributed by atoms with E-state index in [1.165, 1.54) is 0 Å². The van der Waals surface area contributed by atoms with Crippen molar-refractivity contribution >= 4 is 5.78 Å². The molecule has 2 fully saturated rings. The molecule has 3 atom stereocenters. The largest absolute Gasteiger partial charge is 0.496 e. The number of hydrogen-bond acceptors (Lipinski definition) is 4. The van der Waals surface area contributed by atoms with Gasteiger partial charge in [0.1, 0.15) is 11.5 Å². The predicted molar refractivity (Wildman–Crippen MR) is 71.0 cm³/mol. The molecule has 1 aliphatic heterocycles. The maximum absolute atomic E-state index is 12.0. The Morgan fingerprint density at radius 3 is 2.95 bits per heavy atom. The van der Waals surface area contributed by atoms with Gasteiger partial charge in [0.25, 0.3) is 0 Å². The fourth-order valence-electron chi connectivity index (χ4n) is 3.54. The number of carbonyl (C=O) groups is 1. The molecule has 4 heteroatoms. The number of benzene rings is 1. The Morgan fingerprint density at radius 2 is 2.16 bits per heavy atom. The van der Waals surface area contributed by atoms with Crippen LogP contribution in [0.5, 0.6) is 5.75 Å². The van der Waals surface area contributed by atoms with Gasteiger partial charge in [-0.25, -0.2) is 0 Å². The second-order valence-electron chi connectivity index (χ2n) is 5.46. The number of hydrogen-bond donors (Lipinski definition) is 2. The van der Waals surface area contributed by atoms with E-state index in [2.05, 4.69) is 5.32 Å². The van der Waals surface area contributed by atoms with Crippen LogP contribution in [-0.2, 0) is 10.4 Å². The molecule has 0 aromatic heterocycles. The second-order valence-corrected chi connectivity index (χ2v) is 5.46. The van der Waals surface area contributed by atoms with E-state index in [4.69, 9.17) is 4.74 Å². The van der Waals surface area contributed by atoms with Crippen molar-refractivity contribution in [3.8, 4) is 5.75 Å². The standard InChI is InChI=1S/C15H19NO3/c1-19-14-5-3-2-4-11(14)15(18)7-6-13(17)10-8-16-9-12(10)15/h2-5,10,12,16,18H,6-9H2,1H3. The zero-order chi connectivity index (χ0) is 13.5. The number of rotatable bonds is 2. The topological polar surface area (TPSA) is 58.6 Å². The number of aliphatic hydroxyl groups is 1. The van der Waals surface area contributed by atoms with Gasteiger partial charge in [0, 0.05) is 36.9 Å². The number of para-hydroxylation sites is 1. The van der Waals surface area contributed by atoms with Gasteiger partial charge in [0.15, 0.2) is 0 Å². The summed E-state index contributed by atoms with van der Waals surface area (Å²) < 4.78 is 5.37. The summed E-state index contributed by atoms with van der Waals surface area (Å²) in [5.41, 5.74) is -0.155. The van der Waals surface area contributed by atoms with Gasteiger partial charge in [-0.3, -0.25) is 4.79 Å². The van der Waals surface area contributed by atoms with Crippen LogP contribution < -0.4 is 10.1 Å². The third-order valence-electron chi connectivity index (χ3n) is 4.57. The summed E-state index contributed by atoms with van der Waals surface area (Å²) in [6.07, 6.45) is 0.923. The molecule has 2 N–H and O–H groups in total. The summed E-state index contributed by atoms with van der Waals surface area (Å²) in [4.78, 5) is 12.0. The van der Waals surface area contributed by atoms with Crippen LogP contribution in [0.15, 0.2) is 24.3 Å². The monoisotopic (exact) mass is 261 g/mol. The van der Waals surface area contributed by atoms with E-state index >= 15 is 0 Å². The number of carbonyl (C=O) groups excluding carboxylic acids is 1. The van der Waals surface area contributed by atoms with Crippen molar-refractivity contribution in [2.24, 2.45) is 11.8 Å². The van der Waals surface area contributed by atoms with Gasteiger partial charge in [0.2, 0.25) is 0 Å². The van der Waals surface area contributed by atoms with Crippen LogP contribution in [0.2, 0.25) is 0 Å². The van der Waals surface area contributed by atoms with Crippen molar-refractivity contribution in [2.75, 3.05) is 20.2 Å². The highest BCUT2D eigenvalue weighted by Crippen LogP contribution is 2.47. The van der Waals surface area contributed by atoms with Crippen LogP contribution in [0.1, 0.15) is 18.4 Å². The molecular weight excluding hydrogens is 242 g/mol. The van der Waals surface area contributed by atoms with E-state index in [1.807, 2.05) is 24.3 Å². The minimum Gasteiger partial charge on any atom is -0.496 e. The normalized spacial score (nSPS) is 34.1. The first kappa shape index (κ1) is 12.6. The van der Waals surface area contributed by atoms with Gasteiger partial charge in [0.05, 0.1) is 12.7 Å². The average Bonchev–Trinajstić information content (AvgIpc) is 2.94. The Bertz CT molecular complexity index is 502. The Balaban J connectivity index is 2.04.